The molecular formula is C23H32N2O4. The maximum Gasteiger partial charge on any atom is 0.335 e. The van der Waals surface area contributed by atoms with E-state index in [1.54, 1.807) is 24.3 Å². The summed E-state index contributed by atoms with van der Waals surface area (Å²) >= 11 is 0. The summed E-state index contributed by atoms with van der Waals surface area (Å²) in [6.45, 7) is 2.30. The van der Waals surface area contributed by atoms with Gasteiger partial charge in [0.05, 0.1) is 11.7 Å². The standard InChI is InChI=1S/C23H32N2O4/c1-15-13-17(15)14-23(11-2-12-23)25-22(28)24-18-5-9-20(10-6-18)29-19-7-3-16(4-8-19)21(26)27/h3-4,7-8,15,17-18,20H,2,5-6,9-14H2,1H3,(H,26,27)(H2,24,25,28)/t15-,17?,18?,20?/m0/s1. The van der Waals surface area contributed by atoms with E-state index >= 15 is 0 Å². The first-order valence-corrected chi connectivity index (χ1v) is 11.0. The van der Waals surface area contributed by atoms with E-state index in [9.17, 15) is 9.59 Å². The monoisotopic (exact) mass is 400 g/mol. The summed E-state index contributed by atoms with van der Waals surface area (Å²) in [5.41, 5.74) is 0.304. The molecule has 158 valence electrons. The molecule has 4 rings (SSSR count). The Hall–Kier alpha value is -2.24. The molecule has 6 heteroatoms. The van der Waals surface area contributed by atoms with Crippen LogP contribution in [0.2, 0.25) is 0 Å². The normalized spacial score (nSPS) is 30.0. The minimum absolute atomic E-state index is 0.00775. The molecule has 3 fully saturated rings. The summed E-state index contributed by atoms with van der Waals surface area (Å²) in [6, 6.07) is 6.73. The number of nitrogens with one attached hydrogen (secondary N) is 2. The number of benzene rings is 1. The Bertz CT molecular complexity index is 736. The van der Waals surface area contributed by atoms with Crippen molar-refractivity contribution in [2.75, 3.05) is 0 Å². The van der Waals surface area contributed by atoms with Crippen LogP contribution < -0.4 is 15.4 Å². The van der Waals surface area contributed by atoms with E-state index in [2.05, 4.69) is 17.6 Å². The number of carboxylic acid groups (broad SMARTS) is 1. The third-order valence-corrected chi connectivity index (χ3v) is 7.03. The van der Waals surface area contributed by atoms with Crippen molar-refractivity contribution in [1.29, 1.82) is 0 Å². The van der Waals surface area contributed by atoms with Crippen LogP contribution in [-0.4, -0.2) is 34.8 Å². The highest BCUT2D eigenvalue weighted by atomic mass is 16.5. The van der Waals surface area contributed by atoms with Crippen LogP contribution in [0.5, 0.6) is 5.75 Å². The number of amides is 2. The van der Waals surface area contributed by atoms with Gasteiger partial charge in [0.2, 0.25) is 0 Å². The van der Waals surface area contributed by atoms with E-state index in [0.29, 0.717) is 5.75 Å². The van der Waals surface area contributed by atoms with E-state index in [4.69, 9.17) is 9.84 Å². The Labute approximate surface area is 172 Å². The highest BCUT2D eigenvalue weighted by Crippen LogP contribution is 2.48. The van der Waals surface area contributed by atoms with E-state index in [0.717, 1.165) is 56.8 Å². The summed E-state index contributed by atoms with van der Waals surface area (Å²) in [4.78, 5) is 23.5. The molecule has 0 radical (unpaired) electrons. The zero-order valence-electron chi connectivity index (χ0n) is 17.2. The fourth-order valence-electron chi connectivity index (χ4n) is 4.82. The lowest BCUT2D eigenvalue weighted by Crippen LogP contribution is -2.58. The molecule has 0 aromatic heterocycles. The smallest absolute Gasteiger partial charge is 0.335 e. The van der Waals surface area contributed by atoms with E-state index < -0.39 is 5.97 Å². The maximum atomic E-state index is 12.6. The van der Waals surface area contributed by atoms with E-state index in [-0.39, 0.29) is 29.3 Å². The second-order valence-electron chi connectivity index (χ2n) is 9.33. The van der Waals surface area contributed by atoms with E-state index in [1.807, 2.05) is 0 Å². The molecule has 0 bridgehead atoms. The average Bonchev–Trinajstić information content (AvgIpc) is 3.36. The highest BCUT2D eigenvalue weighted by Gasteiger charge is 2.45. The van der Waals surface area contributed by atoms with Gasteiger partial charge >= 0.3 is 12.0 Å². The van der Waals surface area contributed by atoms with Crippen LogP contribution >= 0.6 is 0 Å². The second kappa shape index (κ2) is 8.25. The molecule has 1 unspecified atom stereocenters. The number of carbonyl (C=O) groups is 2. The molecule has 2 atom stereocenters. The first kappa shape index (κ1) is 20.0. The molecule has 6 nitrogen and oxygen atoms in total. The molecule has 3 N–H and O–H groups in total. The van der Waals surface area contributed by atoms with Crippen molar-refractivity contribution in [3.05, 3.63) is 29.8 Å². The molecule has 1 aromatic carbocycles. The molecule has 3 aliphatic rings. The number of aromatic carboxylic acids is 1. The Morgan fingerprint density at radius 2 is 1.79 bits per heavy atom. The second-order valence-corrected chi connectivity index (χ2v) is 9.33. The van der Waals surface area contributed by atoms with Gasteiger partial charge in [-0.2, -0.15) is 0 Å². The van der Waals surface area contributed by atoms with Crippen molar-refractivity contribution in [3.8, 4) is 5.75 Å². The summed E-state index contributed by atoms with van der Waals surface area (Å²) < 4.78 is 5.99. The zero-order valence-corrected chi connectivity index (χ0v) is 17.2. The number of ether oxygens (including phenoxy) is 1. The van der Waals surface area contributed by atoms with Gasteiger partial charge in [0.15, 0.2) is 0 Å². The fraction of sp³-hybridized carbons (Fsp3) is 0.652. The minimum Gasteiger partial charge on any atom is -0.490 e. The summed E-state index contributed by atoms with van der Waals surface area (Å²) in [6.07, 6.45) is 9.59. The van der Waals surface area contributed by atoms with E-state index in [1.165, 1.54) is 12.8 Å². The molecule has 3 aliphatic carbocycles. The number of rotatable bonds is 7. The van der Waals surface area contributed by atoms with Crippen LogP contribution in [0.25, 0.3) is 0 Å². The summed E-state index contributed by atoms with van der Waals surface area (Å²) in [7, 11) is 0. The largest absolute Gasteiger partial charge is 0.490 e. The molecular weight excluding hydrogens is 368 g/mol. The highest BCUT2D eigenvalue weighted by molar-refractivity contribution is 5.87. The number of urea groups is 1. The van der Waals surface area contributed by atoms with Crippen LogP contribution in [0, 0.1) is 11.8 Å². The summed E-state index contributed by atoms with van der Waals surface area (Å²) in [5, 5.41) is 15.5. The zero-order chi connectivity index (χ0) is 20.4. The molecule has 2 amide bonds. The maximum absolute atomic E-state index is 12.6. The molecule has 0 heterocycles. The van der Waals surface area contributed by atoms with Crippen LogP contribution in [0.3, 0.4) is 0 Å². The first-order valence-electron chi connectivity index (χ1n) is 11.0. The van der Waals surface area contributed by atoms with Gasteiger partial charge in [0, 0.05) is 11.6 Å². The number of hydrogen-bond acceptors (Lipinski definition) is 3. The van der Waals surface area contributed by atoms with Gasteiger partial charge in [-0.1, -0.05) is 6.92 Å². The molecule has 0 aliphatic heterocycles. The first-order chi connectivity index (χ1) is 13.9. The lowest BCUT2D eigenvalue weighted by Gasteiger charge is -2.43. The molecule has 3 saturated carbocycles. The van der Waals surface area contributed by atoms with Crippen molar-refractivity contribution in [1.82, 2.24) is 10.6 Å². The van der Waals surface area contributed by atoms with Crippen LogP contribution in [0.1, 0.15) is 75.1 Å². The molecule has 0 spiro atoms. The molecule has 29 heavy (non-hydrogen) atoms. The van der Waals surface area contributed by atoms with Gasteiger partial charge in [-0.25, -0.2) is 9.59 Å². The van der Waals surface area contributed by atoms with Crippen LogP contribution in [-0.2, 0) is 0 Å². The van der Waals surface area contributed by atoms with Crippen LogP contribution in [0.15, 0.2) is 24.3 Å². The van der Waals surface area contributed by atoms with Gasteiger partial charge < -0.3 is 20.5 Å². The number of hydrogen-bond donors (Lipinski definition) is 3. The molecule has 1 aromatic rings. The number of carbonyl (C=O) groups excluding carboxylic acids is 1. The van der Waals surface area contributed by atoms with Gasteiger partial charge in [-0.05, 0) is 93.9 Å². The predicted octanol–water partition coefficient (Wildman–Crippen LogP) is 4.34. The SMILES string of the molecule is C[C@H]1CC1CC1(NC(=O)NC2CCC(Oc3ccc(C(=O)O)cc3)CC2)CCC1. The van der Waals surface area contributed by atoms with Gasteiger partial charge in [-0.3, -0.25) is 0 Å². The fourth-order valence-corrected chi connectivity index (χ4v) is 4.82. The van der Waals surface area contributed by atoms with Gasteiger partial charge in [0.25, 0.3) is 0 Å². The van der Waals surface area contributed by atoms with Gasteiger partial charge in [-0.15, -0.1) is 0 Å². The minimum atomic E-state index is -0.934. The van der Waals surface area contributed by atoms with Crippen molar-refractivity contribution >= 4 is 12.0 Å². The Balaban J connectivity index is 1.19. The number of carboxylic acids is 1. The van der Waals surface area contributed by atoms with Crippen molar-refractivity contribution in [2.24, 2.45) is 11.8 Å². The Morgan fingerprint density at radius 3 is 2.31 bits per heavy atom. The third kappa shape index (κ3) is 5.03. The lowest BCUT2D eigenvalue weighted by atomic mass is 9.73. The lowest BCUT2D eigenvalue weighted by molar-refractivity contribution is 0.0696. The van der Waals surface area contributed by atoms with Crippen molar-refractivity contribution in [2.45, 2.75) is 82.4 Å². The van der Waals surface area contributed by atoms with Gasteiger partial charge in [0.1, 0.15) is 5.75 Å². The van der Waals surface area contributed by atoms with Crippen LogP contribution in [0.4, 0.5) is 4.79 Å². The predicted molar refractivity (Wildman–Crippen MR) is 110 cm³/mol. The topological polar surface area (TPSA) is 87.7 Å². The molecule has 0 saturated heterocycles. The quantitative estimate of drug-likeness (QED) is 0.635. The average molecular weight is 401 g/mol. The van der Waals surface area contributed by atoms with Crippen molar-refractivity contribution < 1.29 is 19.4 Å². The van der Waals surface area contributed by atoms with Crippen molar-refractivity contribution in [3.63, 3.8) is 0 Å². The Morgan fingerprint density at radius 1 is 1.14 bits per heavy atom. The third-order valence-electron chi connectivity index (χ3n) is 7.03. The summed E-state index contributed by atoms with van der Waals surface area (Å²) in [5.74, 6) is 1.39. The Kier molecular flexibility index (Phi) is 5.70.